The van der Waals surface area contributed by atoms with E-state index in [9.17, 15) is 14.7 Å². The number of carbonyl (C=O) groups excluding carboxylic acids is 1. The number of hydrogen-bond acceptors (Lipinski definition) is 3. The summed E-state index contributed by atoms with van der Waals surface area (Å²) in [6, 6.07) is 10.5. The molecule has 26 heavy (non-hydrogen) atoms. The number of thiocarbonyl (C=S) groups is 1. The second-order valence-electron chi connectivity index (χ2n) is 7.11. The number of hydrogen-bond donors (Lipinski definition) is 1. The maximum absolute atomic E-state index is 13.1. The van der Waals surface area contributed by atoms with Gasteiger partial charge in [-0.05, 0) is 41.2 Å². The highest BCUT2D eigenvalue weighted by molar-refractivity contribution is 7.81. The van der Waals surface area contributed by atoms with E-state index in [4.69, 9.17) is 12.2 Å². The van der Waals surface area contributed by atoms with Gasteiger partial charge in [-0.1, -0.05) is 58.1 Å². The third-order valence-corrected chi connectivity index (χ3v) is 5.10. The first-order chi connectivity index (χ1) is 12.2. The summed E-state index contributed by atoms with van der Waals surface area (Å²) in [5, 5.41) is 9.24. The van der Waals surface area contributed by atoms with Gasteiger partial charge < -0.3 is 5.11 Å². The molecule has 0 saturated carbocycles. The van der Waals surface area contributed by atoms with E-state index in [1.807, 2.05) is 18.2 Å². The minimum absolute atomic E-state index is 0.127. The summed E-state index contributed by atoms with van der Waals surface area (Å²) in [5.74, 6) is -0.793. The van der Waals surface area contributed by atoms with Crippen LogP contribution in [0.1, 0.15) is 76.9 Å². The van der Waals surface area contributed by atoms with Crippen LogP contribution in [0.3, 0.4) is 0 Å². The molecule has 134 valence electrons. The summed E-state index contributed by atoms with van der Waals surface area (Å²) < 4.78 is 0. The number of carboxylic acid groups (broad SMARTS) is 1. The van der Waals surface area contributed by atoms with Crippen LogP contribution in [0, 0.1) is 0 Å². The molecule has 0 saturated heterocycles. The van der Waals surface area contributed by atoms with Crippen LogP contribution in [0.4, 0.5) is 5.69 Å². The van der Waals surface area contributed by atoms with Crippen molar-refractivity contribution in [1.29, 1.82) is 0 Å². The quantitative estimate of drug-likeness (QED) is 0.775. The molecule has 1 aliphatic heterocycles. The normalized spacial score (nSPS) is 13.7. The molecule has 2 aromatic rings. The van der Waals surface area contributed by atoms with E-state index in [-0.39, 0.29) is 23.3 Å². The van der Waals surface area contributed by atoms with E-state index in [0.29, 0.717) is 16.1 Å². The average molecular weight is 367 g/mol. The van der Waals surface area contributed by atoms with Crippen molar-refractivity contribution in [2.24, 2.45) is 0 Å². The second kappa shape index (κ2) is 6.65. The fourth-order valence-corrected chi connectivity index (χ4v) is 3.69. The van der Waals surface area contributed by atoms with Crippen LogP contribution in [-0.2, 0) is 0 Å². The van der Waals surface area contributed by atoms with E-state index in [1.54, 1.807) is 11.0 Å². The fourth-order valence-electron chi connectivity index (χ4n) is 3.35. The number of nitrogens with zero attached hydrogens (tertiary/aromatic N) is 1. The molecule has 0 aromatic heterocycles. The average Bonchev–Trinajstić information content (AvgIpc) is 2.84. The Bertz CT molecular complexity index is 905. The molecule has 3 rings (SSSR count). The van der Waals surface area contributed by atoms with E-state index >= 15 is 0 Å². The number of benzene rings is 2. The first-order valence-electron chi connectivity index (χ1n) is 8.63. The van der Waals surface area contributed by atoms with Crippen LogP contribution in [0.2, 0.25) is 0 Å². The van der Waals surface area contributed by atoms with Crippen molar-refractivity contribution < 1.29 is 14.7 Å². The molecule has 1 amide bonds. The first kappa shape index (κ1) is 18.3. The van der Waals surface area contributed by atoms with Crippen molar-refractivity contribution in [3.8, 4) is 0 Å². The number of anilines is 1. The third kappa shape index (κ3) is 2.82. The van der Waals surface area contributed by atoms with Crippen molar-refractivity contribution in [2.75, 3.05) is 4.90 Å². The molecule has 0 fully saturated rings. The zero-order valence-corrected chi connectivity index (χ0v) is 16.1. The number of amides is 1. The maximum atomic E-state index is 13.1. The molecule has 0 unspecified atom stereocenters. The van der Waals surface area contributed by atoms with Crippen LogP contribution >= 0.6 is 12.2 Å². The molecule has 0 spiro atoms. The van der Waals surface area contributed by atoms with Crippen molar-refractivity contribution in [3.05, 3.63) is 64.2 Å². The number of para-hydroxylation sites is 1. The van der Waals surface area contributed by atoms with Gasteiger partial charge in [-0.15, -0.1) is 0 Å². The summed E-state index contributed by atoms with van der Waals surface area (Å²) in [5.41, 5.74) is 4.03. The highest BCUT2D eigenvalue weighted by Gasteiger charge is 2.37. The Labute approximate surface area is 158 Å². The fraction of sp³-hybridized carbons (Fsp3) is 0.286. The Kier molecular flexibility index (Phi) is 4.67. The Morgan fingerprint density at radius 3 is 2.08 bits per heavy atom. The highest BCUT2D eigenvalue weighted by Crippen LogP contribution is 2.39. The zero-order valence-electron chi connectivity index (χ0n) is 15.2. The SMILES string of the molecule is CC(C)c1cccc(C(C)C)c1N1C(=O)c2ccc(C(=O)O)cc2C1=S. The van der Waals surface area contributed by atoms with Gasteiger partial charge in [0.05, 0.1) is 16.8 Å². The van der Waals surface area contributed by atoms with Crippen molar-refractivity contribution >= 4 is 34.8 Å². The van der Waals surface area contributed by atoms with Crippen LogP contribution in [-0.4, -0.2) is 22.0 Å². The lowest BCUT2D eigenvalue weighted by molar-refractivity contribution is 0.0696. The molecule has 1 N–H and O–H groups in total. The standard InChI is InChI=1S/C21H21NO3S/c1-11(2)14-6-5-7-15(12(3)4)18(14)22-19(23)16-9-8-13(21(24)25)10-17(16)20(22)26/h5-12H,1-4H3,(H,24,25). The lowest BCUT2D eigenvalue weighted by Crippen LogP contribution is -2.31. The first-order valence-corrected chi connectivity index (χ1v) is 9.03. The van der Waals surface area contributed by atoms with Gasteiger partial charge in [0.1, 0.15) is 4.99 Å². The number of carbonyl (C=O) groups is 2. The molecule has 5 heteroatoms. The van der Waals surface area contributed by atoms with Gasteiger partial charge in [0, 0.05) is 5.56 Å². The van der Waals surface area contributed by atoms with Gasteiger partial charge in [-0.25, -0.2) is 4.79 Å². The topological polar surface area (TPSA) is 57.6 Å². The summed E-state index contributed by atoms with van der Waals surface area (Å²) in [6.07, 6.45) is 0. The van der Waals surface area contributed by atoms with Gasteiger partial charge in [0.25, 0.3) is 5.91 Å². The van der Waals surface area contributed by atoms with Gasteiger partial charge >= 0.3 is 5.97 Å². The molecule has 0 radical (unpaired) electrons. The smallest absolute Gasteiger partial charge is 0.335 e. The maximum Gasteiger partial charge on any atom is 0.335 e. The summed E-state index contributed by atoms with van der Waals surface area (Å²) in [7, 11) is 0. The molecule has 1 aliphatic rings. The monoisotopic (exact) mass is 367 g/mol. The van der Waals surface area contributed by atoms with Crippen LogP contribution in [0.5, 0.6) is 0 Å². The Hall–Kier alpha value is -2.53. The Balaban J connectivity index is 2.22. The lowest BCUT2D eigenvalue weighted by Gasteiger charge is -2.26. The molecule has 0 atom stereocenters. The van der Waals surface area contributed by atoms with Crippen LogP contribution in [0.25, 0.3) is 0 Å². The summed E-state index contributed by atoms with van der Waals surface area (Å²) in [4.78, 5) is 26.4. The minimum Gasteiger partial charge on any atom is -0.478 e. The second-order valence-corrected chi connectivity index (χ2v) is 7.49. The Morgan fingerprint density at radius 2 is 1.58 bits per heavy atom. The predicted molar refractivity (Wildman–Crippen MR) is 107 cm³/mol. The Morgan fingerprint density at radius 1 is 1.00 bits per heavy atom. The largest absolute Gasteiger partial charge is 0.478 e. The van der Waals surface area contributed by atoms with Crippen molar-refractivity contribution in [2.45, 2.75) is 39.5 Å². The number of rotatable bonds is 4. The summed E-state index contributed by atoms with van der Waals surface area (Å²) in [6.45, 7) is 8.34. The lowest BCUT2D eigenvalue weighted by atomic mass is 9.92. The molecular weight excluding hydrogens is 346 g/mol. The van der Waals surface area contributed by atoms with E-state index in [2.05, 4.69) is 27.7 Å². The summed E-state index contributed by atoms with van der Waals surface area (Å²) >= 11 is 5.61. The number of fused-ring (bicyclic) bond motifs is 1. The van der Waals surface area contributed by atoms with E-state index < -0.39 is 5.97 Å². The highest BCUT2D eigenvalue weighted by atomic mass is 32.1. The predicted octanol–water partition coefficient (Wildman–Crippen LogP) is 4.97. The molecular formula is C21H21NO3S. The molecule has 1 heterocycles. The third-order valence-electron chi connectivity index (χ3n) is 4.70. The van der Waals surface area contributed by atoms with Gasteiger partial charge in [0.2, 0.25) is 0 Å². The van der Waals surface area contributed by atoms with Gasteiger partial charge in [-0.2, -0.15) is 0 Å². The van der Waals surface area contributed by atoms with Crippen LogP contribution in [0.15, 0.2) is 36.4 Å². The van der Waals surface area contributed by atoms with Crippen molar-refractivity contribution in [3.63, 3.8) is 0 Å². The van der Waals surface area contributed by atoms with Gasteiger partial charge in [-0.3, -0.25) is 9.69 Å². The molecule has 2 aromatic carbocycles. The van der Waals surface area contributed by atoms with Crippen molar-refractivity contribution in [1.82, 2.24) is 0 Å². The molecule has 0 aliphatic carbocycles. The van der Waals surface area contributed by atoms with E-state index in [1.165, 1.54) is 12.1 Å². The van der Waals surface area contributed by atoms with Crippen LogP contribution < -0.4 is 4.90 Å². The van der Waals surface area contributed by atoms with Gasteiger partial charge in [0.15, 0.2) is 0 Å². The zero-order chi connectivity index (χ0) is 19.2. The number of carboxylic acids is 1. The number of aromatic carboxylic acids is 1. The van der Waals surface area contributed by atoms with E-state index in [0.717, 1.165) is 16.8 Å². The molecule has 0 bridgehead atoms. The minimum atomic E-state index is -1.04. The molecule has 4 nitrogen and oxygen atoms in total.